The zero-order valence-corrected chi connectivity index (χ0v) is 14.5. The van der Waals surface area contributed by atoms with Crippen molar-refractivity contribution in [2.45, 2.75) is 63.9 Å². The van der Waals surface area contributed by atoms with Crippen LogP contribution in [0.1, 0.15) is 40.0 Å². The predicted octanol–water partition coefficient (Wildman–Crippen LogP) is 0.154. The van der Waals surface area contributed by atoms with E-state index in [0.29, 0.717) is 0 Å². The summed E-state index contributed by atoms with van der Waals surface area (Å²) in [5.74, 6) is -1.94. The number of aliphatic hydroxyl groups is 1. The summed E-state index contributed by atoms with van der Waals surface area (Å²) in [6, 6.07) is -1.91. The summed E-state index contributed by atoms with van der Waals surface area (Å²) in [5, 5.41) is 12.3. The second-order valence-corrected chi connectivity index (χ2v) is 7.66. The number of hydrogen-bond acceptors (Lipinski definition) is 5. The molecule has 2 N–H and O–H groups in total. The molecule has 2 rings (SSSR count). The van der Waals surface area contributed by atoms with Crippen molar-refractivity contribution in [3.8, 4) is 0 Å². The van der Waals surface area contributed by atoms with Gasteiger partial charge in [0, 0.05) is 13.0 Å². The molecule has 1 heterocycles. The lowest BCUT2D eigenvalue weighted by Gasteiger charge is -2.35. The third kappa shape index (κ3) is 3.68. The third-order valence-corrected chi connectivity index (χ3v) is 4.52. The van der Waals surface area contributed by atoms with Gasteiger partial charge >= 0.3 is 5.97 Å². The Morgan fingerprint density at radius 2 is 1.92 bits per heavy atom. The highest BCUT2D eigenvalue weighted by molar-refractivity contribution is 5.95. The molecule has 0 aromatic heterocycles. The second kappa shape index (κ2) is 6.31. The normalized spacial score (nSPS) is 26.7. The molecule has 24 heavy (non-hydrogen) atoms. The Labute approximate surface area is 140 Å². The van der Waals surface area contributed by atoms with Crippen molar-refractivity contribution in [1.29, 1.82) is 0 Å². The summed E-state index contributed by atoms with van der Waals surface area (Å²) in [6.07, 6.45) is -0.463. The number of ether oxygens (including phenoxy) is 1. The van der Waals surface area contributed by atoms with E-state index in [1.165, 1.54) is 12.0 Å². The fourth-order valence-electron chi connectivity index (χ4n) is 2.83. The van der Waals surface area contributed by atoms with Crippen LogP contribution in [0.5, 0.6) is 0 Å². The first-order valence-electron chi connectivity index (χ1n) is 8.06. The molecule has 2 fully saturated rings. The molecule has 1 saturated heterocycles. The average molecular weight is 344 g/mol. The van der Waals surface area contributed by atoms with Crippen LogP contribution in [0.3, 0.4) is 0 Å². The Bertz CT molecular complexity index is 541. The Balaban J connectivity index is 2.20. The standard InChI is InChI=1S/C16H25FN2O5/c1-15(2,3)11(18-14(23)16(17)5-6-16)12(21)19-8-9(20)7-10(19)13(22)24-4/h9-11,20H,5-8H2,1-4H3,(H,18,23)/t9-,10+,11-/m1/s1. The zero-order valence-electron chi connectivity index (χ0n) is 14.5. The van der Waals surface area contributed by atoms with Gasteiger partial charge in [-0.25, -0.2) is 9.18 Å². The maximum atomic E-state index is 14.0. The molecule has 0 aromatic carbocycles. The van der Waals surface area contributed by atoms with Crippen molar-refractivity contribution in [1.82, 2.24) is 10.2 Å². The van der Waals surface area contributed by atoms with E-state index in [1.54, 1.807) is 20.8 Å². The number of methoxy groups -OCH3 is 1. The fraction of sp³-hybridized carbons (Fsp3) is 0.812. The zero-order chi connectivity index (χ0) is 18.3. The van der Waals surface area contributed by atoms with Crippen LogP contribution < -0.4 is 5.32 Å². The van der Waals surface area contributed by atoms with Gasteiger partial charge in [-0.15, -0.1) is 0 Å². The number of alkyl halides is 1. The molecule has 2 amide bonds. The first kappa shape index (κ1) is 18.6. The van der Waals surface area contributed by atoms with E-state index < -0.39 is 47.1 Å². The third-order valence-electron chi connectivity index (χ3n) is 4.52. The van der Waals surface area contributed by atoms with Crippen molar-refractivity contribution < 1.29 is 28.6 Å². The molecule has 136 valence electrons. The number of carbonyl (C=O) groups excluding carboxylic acids is 3. The van der Waals surface area contributed by atoms with Gasteiger partial charge in [-0.1, -0.05) is 20.8 Å². The van der Waals surface area contributed by atoms with Gasteiger partial charge < -0.3 is 20.1 Å². The number of amides is 2. The Morgan fingerprint density at radius 1 is 1.33 bits per heavy atom. The van der Waals surface area contributed by atoms with Gasteiger partial charge in [0.25, 0.3) is 5.91 Å². The highest BCUT2D eigenvalue weighted by atomic mass is 19.1. The van der Waals surface area contributed by atoms with Crippen molar-refractivity contribution in [3.05, 3.63) is 0 Å². The minimum atomic E-state index is -1.89. The summed E-state index contributed by atoms with van der Waals surface area (Å²) >= 11 is 0. The SMILES string of the molecule is COC(=O)[C@@H]1C[C@@H](O)CN1C(=O)[C@@H](NC(=O)C1(F)CC1)C(C)(C)C. The summed E-state index contributed by atoms with van der Waals surface area (Å²) in [4.78, 5) is 38.0. The number of halogens is 1. The van der Waals surface area contributed by atoms with Crippen LogP contribution in [0, 0.1) is 5.41 Å². The van der Waals surface area contributed by atoms with Crippen LogP contribution in [0.25, 0.3) is 0 Å². The van der Waals surface area contributed by atoms with Crippen LogP contribution in [-0.2, 0) is 19.1 Å². The Morgan fingerprint density at radius 3 is 2.38 bits per heavy atom. The Hall–Kier alpha value is -1.70. The number of nitrogens with zero attached hydrogens (tertiary/aromatic N) is 1. The smallest absolute Gasteiger partial charge is 0.328 e. The molecule has 7 nitrogen and oxygen atoms in total. The molecule has 0 unspecified atom stereocenters. The minimum Gasteiger partial charge on any atom is -0.467 e. The van der Waals surface area contributed by atoms with E-state index >= 15 is 0 Å². The maximum Gasteiger partial charge on any atom is 0.328 e. The van der Waals surface area contributed by atoms with E-state index in [9.17, 15) is 23.9 Å². The number of rotatable bonds is 4. The highest BCUT2D eigenvalue weighted by Crippen LogP contribution is 2.40. The molecular formula is C16H25FN2O5. The predicted molar refractivity (Wildman–Crippen MR) is 82.6 cm³/mol. The molecule has 1 aliphatic carbocycles. The maximum absolute atomic E-state index is 14.0. The van der Waals surface area contributed by atoms with Crippen molar-refractivity contribution in [2.24, 2.45) is 5.41 Å². The molecule has 1 aliphatic heterocycles. The van der Waals surface area contributed by atoms with Crippen LogP contribution >= 0.6 is 0 Å². The van der Waals surface area contributed by atoms with Crippen LogP contribution in [0.15, 0.2) is 0 Å². The van der Waals surface area contributed by atoms with Gasteiger partial charge in [0.05, 0.1) is 13.2 Å². The number of β-amino-alcohol motifs (C(OH)–C–C–N with tert-alkyl or cyclic N) is 1. The summed E-state index contributed by atoms with van der Waals surface area (Å²) < 4.78 is 18.6. The summed E-state index contributed by atoms with van der Waals surface area (Å²) in [6.45, 7) is 5.20. The van der Waals surface area contributed by atoms with Gasteiger partial charge in [0.2, 0.25) is 5.91 Å². The number of carbonyl (C=O) groups is 3. The average Bonchev–Trinajstić information content (AvgIpc) is 3.12. The van der Waals surface area contributed by atoms with Crippen molar-refractivity contribution in [3.63, 3.8) is 0 Å². The topological polar surface area (TPSA) is 95.9 Å². The lowest BCUT2D eigenvalue weighted by molar-refractivity contribution is -0.153. The Kier molecular flexibility index (Phi) is 4.90. The van der Waals surface area contributed by atoms with Gasteiger partial charge in [0.15, 0.2) is 5.67 Å². The van der Waals surface area contributed by atoms with Crippen LogP contribution in [0.4, 0.5) is 4.39 Å². The van der Waals surface area contributed by atoms with Gasteiger partial charge in [-0.3, -0.25) is 9.59 Å². The molecule has 1 saturated carbocycles. The number of hydrogen-bond donors (Lipinski definition) is 2. The molecule has 0 spiro atoms. The molecule has 8 heteroatoms. The molecule has 2 aliphatic rings. The van der Waals surface area contributed by atoms with Gasteiger partial charge in [-0.2, -0.15) is 0 Å². The monoisotopic (exact) mass is 344 g/mol. The fourth-order valence-corrected chi connectivity index (χ4v) is 2.83. The minimum absolute atomic E-state index is 0.0260. The van der Waals surface area contributed by atoms with E-state index in [1.807, 2.05) is 0 Å². The lowest BCUT2D eigenvalue weighted by Crippen LogP contribution is -2.58. The quantitative estimate of drug-likeness (QED) is 0.708. The largest absolute Gasteiger partial charge is 0.467 e. The van der Waals surface area contributed by atoms with E-state index in [2.05, 4.69) is 10.1 Å². The van der Waals surface area contributed by atoms with Crippen LogP contribution in [-0.4, -0.2) is 65.3 Å². The number of aliphatic hydroxyl groups excluding tert-OH is 1. The van der Waals surface area contributed by atoms with Crippen molar-refractivity contribution in [2.75, 3.05) is 13.7 Å². The summed E-state index contributed by atoms with van der Waals surface area (Å²) in [7, 11) is 1.21. The van der Waals surface area contributed by atoms with E-state index in [4.69, 9.17) is 0 Å². The second-order valence-electron chi connectivity index (χ2n) is 7.66. The number of likely N-dealkylation sites (tertiary alicyclic amines) is 1. The molecule has 0 aromatic rings. The number of esters is 1. The first-order chi connectivity index (χ1) is 11.0. The van der Waals surface area contributed by atoms with Gasteiger partial charge in [0.1, 0.15) is 12.1 Å². The first-order valence-corrected chi connectivity index (χ1v) is 8.06. The molecular weight excluding hydrogens is 319 g/mol. The lowest BCUT2D eigenvalue weighted by atomic mass is 9.85. The molecule has 0 bridgehead atoms. The van der Waals surface area contributed by atoms with Crippen molar-refractivity contribution >= 4 is 17.8 Å². The summed E-state index contributed by atoms with van der Waals surface area (Å²) in [5.41, 5.74) is -2.58. The highest BCUT2D eigenvalue weighted by Gasteiger charge is 2.53. The van der Waals surface area contributed by atoms with Gasteiger partial charge in [-0.05, 0) is 18.3 Å². The molecule has 3 atom stereocenters. The molecule has 0 radical (unpaired) electrons. The van der Waals surface area contributed by atoms with E-state index in [-0.39, 0.29) is 25.8 Å². The number of nitrogens with one attached hydrogen (secondary N) is 1. The van der Waals surface area contributed by atoms with Crippen LogP contribution in [0.2, 0.25) is 0 Å². The van der Waals surface area contributed by atoms with E-state index in [0.717, 1.165) is 0 Å².